The van der Waals surface area contributed by atoms with Gasteiger partial charge in [-0.15, -0.1) is 24.8 Å². The Kier molecular flexibility index (Phi) is 8.41. The molecule has 15 heavy (non-hydrogen) atoms. The first kappa shape index (κ1) is 16.7. The van der Waals surface area contributed by atoms with Gasteiger partial charge in [-0.1, -0.05) is 11.8 Å². The Morgan fingerprint density at radius 3 is 2.60 bits per heavy atom. The number of aryl methyl sites for hydroxylation is 1. The first-order chi connectivity index (χ1) is 6.09. The molecule has 8 heteroatoms. The monoisotopic (exact) mass is 269 g/mol. The van der Waals surface area contributed by atoms with Gasteiger partial charge < -0.3 is 11.5 Å². The van der Waals surface area contributed by atoms with Crippen LogP contribution in [-0.2, 0) is 5.75 Å². The maximum Gasteiger partial charge on any atom is 0.151 e. The Morgan fingerprint density at radius 2 is 2.13 bits per heavy atom. The van der Waals surface area contributed by atoms with Gasteiger partial charge >= 0.3 is 0 Å². The molecule has 1 aromatic heterocycles. The Hall–Kier alpha value is -0.720. The lowest BCUT2D eigenvalue weighted by atomic mass is 10.3. The van der Waals surface area contributed by atoms with Crippen LogP contribution in [0.1, 0.15) is 11.4 Å². The van der Waals surface area contributed by atoms with E-state index in [1.54, 1.807) is 13.1 Å². The molecule has 0 amide bonds. The number of nitrogens with two attached hydrogens (primary N) is 2. The van der Waals surface area contributed by atoms with E-state index >= 15 is 0 Å². The second kappa shape index (κ2) is 7.56. The minimum absolute atomic E-state index is 0. The third-order valence-electron chi connectivity index (χ3n) is 1.40. The van der Waals surface area contributed by atoms with E-state index in [4.69, 9.17) is 16.9 Å². The van der Waals surface area contributed by atoms with Crippen molar-refractivity contribution in [2.75, 3.05) is 5.73 Å². The van der Waals surface area contributed by atoms with Gasteiger partial charge in [-0.05, 0) is 6.92 Å². The van der Waals surface area contributed by atoms with Gasteiger partial charge in [0.05, 0.1) is 0 Å². The maximum atomic E-state index is 7.02. The molecular formula is C7H13Cl2N5S. The van der Waals surface area contributed by atoms with Gasteiger partial charge in [0.1, 0.15) is 11.6 Å². The highest BCUT2D eigenvalue weighted by Gasteiger charge is 2.02. The largest absolute Gasteiger partial charge is 0.383 e. The lowest BCUT2D eigenvalue weighted by Crippen LogP contribution is -2.06. The first-order valence-electron chi connectivity index (χ1n) is 3.64. The van der Waals surface area contributed by atoms with E-state index < -0.39 is 0 Å². The van der Waals surface area contributed by atoms with E-state index in [0.29, 0.717) is 17.4 Å². The van der Waals surface area contributed by atoms with Crippen molar-refractivity contribution in [3.63, 3.8) is 0 Å². The smallest absolute Gasteiger partial charge is 0.151 e. The van der Waals surface area contributed by atoms with Gasteiger partial charge in [-0.2, -0.15) is 0 Å². The van der Waals surface area contributed by atoms with E-state index in [0.717, 1.165) is 5.56 Å². The number of thioether (sulfide) groups is 1. The molecule has 86 valence electrons. The zero-order chi connectivity index (χ0) is 9.84. The quantitative estimate of drug-likeness (QED) is 0.556. The van der Waals surface area contributed by atoms with Crippen molar-refractivity contribution < 1.29 is 0 Å². The summed E-state index contributed by atoms with van der Waals surface area (Å²) in [4.78, 5) is 8.00. The van der Waals surface area contributed by atoms with Gasteiger partial charge in [0.25, 0.3) is 0 Å². The third-order valence-corrected chi connectivity index (χ3v) is 2.17. The molecule has 0 saturated carbocycles. The number of rotatable bonds is 2. The molecule has 0 aliphatic rings. The van der Waals surface area contributed by atoms with E-state index in [9.17, 15) is 0 Å². The van der Waals surface area contributed by atoms with Crippen molar-refractivity contribution in [2.45, 2.75) is 12.7 Å². The fourth-order valence-corrected chi connectivity index (χ4v) is 1.31. The maximum absolute atomic E-state index is 7.02. The van der Waals surface area contributed by atoms with Crippen LogP contribution in [0.15, 0.2) is 6.20 Å². The van der Waals surface area contributed by atoms with Crippen LogP contribution >= 0.6 is 36.6 Å². The number of anilines is 1. The number of nitrogens with zero attached hydrogens (tertiary/aromatic N) is 2. The zero-order valence-electron chi connectivity index (χ0n) is 8.06. The van der Waals surface area contributed by atoms with Crippen molar-refractivity contribution in [3.05, 3.63) is 17.6 Å². The Balaban J connectivity index is 0. The molecule has 0 atom stereocenters. The summed E-state index contributed by atoms with van der Waals surface area (Å²) < 4.78 is 0. The fraction of sp³-hybridized carbons (Fsp3) is 0.286. The van der Waals surface area contributed by atoms with Gasteiger partial charge in [0.15, 0.2) is 5.17 Å². The van der Waals surface area contributed by atoms with Crippen LogP contribution in [0.2, 0.25) is 0 Å². The van der Waals surface area contributed by atoms with E-state index in [1.807, 2.05) is 0 Å². The lowest BCUT2D eigenvalue weighted by Gasteiger charge is -2.03. The summed E-state index contributed by atoms with van der Waals surface area (Å²) in [5.74, 6) is 1.65. The van der Waals surface area contributed by atoms with Gasteiger partial charge in [0.2, 0.25) is 0 Å². The Morgan fingerprint density at radius 1 is 1.53 bits per heavy atom. The summed E-state index contributed by atoms with van der Waals surface area (Å²) in [7, 11) is 0. The molecule has 5 nitrogen and oxygen atoms in total. The van der Waals surface area contributed by atoms with E-state index in [-0.39, 0.29) is 30.0 Å². The number of hydrogen-bond acceptors (Lipinski definition) is 5. The second-order valence-electron chi connectivity index (χ2n) is 2.48. The normalized spacial score (nSPS) is 8.60. The van der Waals surface area contributed by atoms with Crippen LogP contribution in [0.3, 0.4) is 0 Å². The molecule has 0 spiro atoms. The first-order valence-corrected chi connectivity index (χ1v) is 4.63. The minimum atomic E-state index is 0. The molecule has 0 aliphatic carbocycles. The third kappa shape index (κ3) is 5.66. The number of hydrogen-bond donors (Lipinski definition) is 3. The molecule has 0 aliphatic heterocycles. The van der Waals surface area contributed by atoms with E-state index in [1.165, 1.54) is 11.8 Å². The lowest BCUT2D eigenvalue weighted by molar-refractivity contribution is 1.04. The van der Waals surface area contributed by atoms with Crippen LogP contribution < -0.4 is 11.5 Å². The molecule has 0 fully saturated rings. The summed E-state index contributed by atoms with van der Waals surface area (Å²) in [6.07, 6.45) is 1.66. The van der Waals surface area contributed by atoms with Crippen molar-refractivity contribution in [2.24, 2.45) is 5.73 Å². The van der Waals surface area contributed by atoms with Crippen molar-refractivity contribution in [3.8, 4) is 0 Å². The summed E-state index contributed by atoms with van der Waals surface area (Å²) in [5, 5.41) is 7.08. The molecule has 1 heterocycles. The Labute approximate surface area is 105 Å². The van der Waals surface area contributed by atoms with Crippen LogP contribution in [0, 0.1) is 12.3 Å². The molecule has 0 radical (unpaired) electrons. The number of nitrogens with one attached hydrogen (secondary N) is 1. The average Bonchev–Trinajstić information content (AvgIpc) is 2.02. The summed E-state index contributed by atoms with van der Waals surface area (Å²) in [6.45, 7) is 1.78. The predicted molar refractivity (Wildman–Crippen MR) is 68.9 cm³/mol. The summed E-state index contributed by atoms with van der Waals surface area (Å²) in [6, 6.07) is 0. The van der Waals surface area contributed by atoms with Crippen molar-refractivity contribution >= 4 is 47.6 Å². The van der Waals surface area contributed by atoms with Crippen LogP contribution in [0.5, 0.6) is 0 Å². The highest BCUT2D eigenvalue weighted by Crippen LogP contribution is 2.15. The summed E-state index contributed by atoms with van der Waals surface area (Å²) >= 11 is 1.21. The molecule has 0 aromatic carbocycles. The molecule has 0 saturated heterocycles. The van der Waals surface area contributed by atoms with Gasteiger partial charge in [-0.3, -0.25) is 5.41 Å². The molecule has 1 rings (SSSR count). The van der Waals surface area contributed by atoms with Gasteiger partial charge in [-0.25, -0.2) is 9.97 Å². The van der Waals surface area contributed by atoms with Crippen LogP contribution in [-0.4, -0.2) is 15.1 Å². The molecular weight excluding hydrogens is 257 g/mol. The highest BCUT2D eigenvalue weighted by molar-refractivity contribution is 8.13. The topological polar surface area (TPSA) is 102 Å². The zero-order valence-corrected chi connectivity index (χ0v) is 10.5. The number of halogens is 2. The predicted octanol–water partition coefficient (Wildman–Crippen LogP) is 1.34. The Bertz CT molecular complexity index is 333. The SMILES string of the molecule is Cc1ncc(CSC(=N)N)c(N)n1.Cl.Cl. The van der Waals surface area contributed by atoms with Crippen molar-refractivity contribution in [1.29, 1.82) is 5.41 Å². The number of amidine groups is 1. The average molecular weight is 270 g/mol. The molecule has 0 unspecified atom stereocenters. The number of aromatic nitrogens is 2. The second-order valence-corrected chi connectivity index (χ2v) is 3.50. The fourth-order valence-electron chi connectivity index (χ4n) is 0.779. The minimum Gasteiger partial charge on any atom is -0.383 e. The van der Waals surface area contributed by atoms with Crippen LogP contribution in [0.4, 0.5) is 5.82 Å². The molecule has 1 aromatic rings. The number of nitrogen functional groups attached to an aromatic ring is 1. The van der Waals surface area contributed by atoms with E-state index in [2.05, 4.69) is 9.97 Å². The summed E-state index contributed by atoms with van der Waals surface area (Å²) in [5.41, 5.74) is 11.6. The van der Waals surface area contributed by atoms with Crippen LogP contribution in [0.25, 0.3) is 0 Å². The van der Waals surface area contributed by atoms with Crippen molar-refractivity contribution in [1.82, 2.24) is 9.97 Å². The molecule has 5 N–H and O–H groups in total. The van der Waals surface area contributed by atoms with Gasteiger partial charge in [0, 0.05) is 17.5 Å². The standard InChI is InChI=1S/C7H11N5S.2ClH/c1-4-11-2-5(6(8)12-4)3-13-7(9)10;;/h2H,3H2,1H3,(H3,9,10)(H2,8,11,12);2*1H. The highest BCUT2D eigenvalue weighted by atomic mass is 35.5. The molecule has 0 bridgehead atoms.